The highest BCUT2D eigenvalue weighted by Gasteiger charge is 2.29. The van der Waals surface area contributed by atoms with E-state index in [1.165, 1.54) is 6.07 Å². The number of thioether (sulfide) groups is 1. The predicted molar refractivity (Wildman–Crippen MR) is 55.9 cm³/mol. The summed E-state index contributed by atoms with van der Waals surface area (Å²) in [6.07, 6.45) is 0. The van der Waals surface area contributed by atoms with Crippen LogP contribution < -0.4 is 0 Å². The molecule has 0 fully saturated rings. The van der Waals surface area contributed by atoms with Crippen LogP contribution in [0.2, 0.25) is 0 Å². The fourth-order valence-electron chi connectivity index (χ4n) is 1.36. The number of benzene rings is 2. The van der Waals surface area contributed by atoms with Crippen molar-refractivity contribution >= 4 is 22.5 Å². The smallest absolute Gasteiger partial charge is 0.160 e. The molecule has 0 radical (unpaired) electrons. The molecule has 0 aromatic heterocycles. The van der Waals surface area contributed by atoms with Crippen LogP contribution in [0.15, 0.2) is 47.4 Å². The molecule has 0 N–H and O–H groups in total. The van der Waals surface area contributed by atoms with Gasteiger partial charge in [-0.05, 0) is 34.7 Å². The van der Waals surface area contributed by atoms with E-state index in [1.807, 2.05) is 18.2 Å². The zero-order chi connectivity index (χ0) is 10.9. The van der Waals surface area contributed by atoms with Gasteiger partial charge in [0, 0.05) is 4.90 Å². The van der Waals surface area contributed by atoms with E-state index in [1.54, 1.807) is 18.2 Å². The van der Waals surface area contributed by atoms with Gasteiger partial charge in [-0.3, -0.25) is 0 Å². The van der Waals surface area contributed by atoms with E-state index in [0.29, 0.717) is 0 Å². The van der Waals surface area contributed by atoms with Crippen LogP contribution in [-0.2, 0) is 0 Å². The molecule has 0 saturated carbocycles. The van der Waals surface area contributed by atoms with Crippen LogP contribution in [0.25, 0.3) is 10.8 Å². The van der Waals surface area contributed by atoms with Gasteiger partial charge < -0.3 is 0 Å². The molecule has 2 aromatic rings. The normalized spacial score (nSPS) is 11.9. The first kappa shape index (κ1) is 10.4. The van der Waals surface area contributed by atoms with Crippen molar-refractivity contribution in [2.24, 2.45) is 0 Å². The van der Waals surface area contributed by atoms with Crippen LogP contribution in [0.4, 0.5) is 13.2 Å². The van der Waals surface area contributed by atoms with E-state index in [9.17, 15) is 13.2 Å². The number of rotatable bonds is 1. The summed E-state index contributed by atoms with van der Waals surface area (Å²) in [5.41, 5.74) is -4.22. The second kappa shape index (κ2) is 3.77. The summed E-state index contributed by atoms with van der Waals surface area (Å²) in [7, 11) is 0. The minimum absolute atomic E-state index is 0.0844. The monoisotopic (exact) mass is 227 g/mol. The molecule has 78 valence electrons. The molecular weight excluding hydrogens is 220 g/mol. The standard InChI is InChI=1S/C11H7F3S/c12-11(13,14)15-10-6-5-8-3-1-2-4-9(8)7-10/h1-7H/i12-1. The average molecular weight is 227 g/mol. The third kappa shape index (κ3) is 2.65. The largest absolute Gasteiger partial charge is 0.446 e. The number of hydrogen-bond acceptors (Lipinski definition) is 1. The molecule has 0 aliphatic heterocycles. The first-order valence-corrected chi connectivity index (χ1v) is 5.11. The Morgan fingerprint density at radius 3 is 2.20 bits per heavy atom. The van der Waals surface area contributed by atoms with E-state index in [4.69, 9.17) is 0 Å². The van der Waals surface area contributed by atoms with Crippen LogP contribution in [0, 0.1) is 0 Å². The molecule has 0 aliphatic carbocycles. The molecule has 0 saturated heterocycles. The molecule has 0 bridgehead atoms. The minimum Gasteiger partial charge on any atom is -0.160 e. The highest BCUT2D eigenvalue weighted by molar-refractivity contribution is 8.00. The third-order valence-electron chi connectivity index (χ3n) is 1.95. The molecule has 0 nitrogen and oxygen atoms in total. The molecule has 15 heavy (non-hydrogen) atoms. The molecule has 0 spiro atoms. The molecule has 0 atom stereocenters. The molecule has 4 heteroatoms. The van der Waals surface area contributed by atoms with E-state index in [0.717, 1.165) is 10.8 Å². The maximum atomic E-state index is 12.1. The van der Waals surface area contributed by atoms with Crippen molar-refractivity contribution in [1.29, 1.82) is 0 Å². The Morgan fingerprint density at radius 2 is 1.53 bits per heavy atom. The van der Waals surface area contributed by atoms with Gasteiger partial charge >= 0.3 is 5.51 Å². The average Bonchev–Trinajstić information content (AvgIpc) is 2.15. The lowest BCUT2D eigenvalue weighted by molar-refractivity contribution is -0.0328. The van der Waals surface area contributed by atoms with Gasteiger partial charge in [-0.25, -0.2) is 0 Å². The summed E-state index contributed by atoms with van der Waals surface area (Å²) in [5.74, 6) is 0. The van der Waals surface area contributed by atoms with Crippen LogP contribution >= 0.6 is 11.8 Å². The van der Waals surface area contributed by atoms with Crippen molar-refractivity contribution in [3.63, 3.8) is 0 Å². The highest BCUT2D eigenvalue weighted by atomic mass is 32.2. The summed E-state index contributed by atoms with van der Waals surface area (Å²) < 4.78 is 36.3. The fraction of sp³-hybridized carbons (Fsp3) is 0.0909. The number of halogens is 3. The molecule has 0 heterocycles. The number of fused-ring (bicyclic) bond motifs is 1. The molecular formula is C11H7F3S. The lowest BCUT2D eigenvalue weighted by Crippen LogP contribution is -1.98. The molecule has 2 rings (SSSR count). The van der Waals surface area contributed by atoms with Crippen LogP contribution in [0.3, 0.4) is 0 Å². The maximum absolute atomic E-state index is 12.1. The Kier molecular flexibility index (Phi) is 2.61. The van der Waals surface area contributed by atoms with E-state index in [2.05, 4.69) is 0 Å². The Labute approximate surface area is 89.1 Å². The van der Waals surface area contributed by atoms with Gasteiger partial charge in [0.1, 0.15) is 0 Å². The van der Waals surface area contributed by atoms with E-state index >= 15 is 0 Å². The Balaban J connectivity index is 2.39. The van der Waals surface area contributed by atoms with Crippen LogP contribution in [0.1, 0.15) is 0 Å². The quantitative estimate of drug-likeness (QED) is 0.648. The molecule has 0 unspecified atom stereocenters. The van der Waals surface area contributed by atoms with Crippen LogP contribution in [-0.4, -0.2) is 5.51 Å². The lowest BCUT2D eigenvalue weighted by atomic mass is 10.1. The lowest BCUT2D eigenvalue weighted by Gasteiger charge is -2.06. The summed E-state index contributed by atoms with van der Waals surface area (Å²) in [4.78, 5) is 0.223. The van der Waals surface area contributed by atoms with Gasteiger partial charge in [-0.1, -0.05) is 30.3 Å². The van der Waals surface area contributed by atoms with Gasteiger partial charge in [-0.15, -0.1) is 0 Å². The van der Waals surface area contributed by atoms with Gasteiger partial charge in [0.2, 0.25) is 0 Å². The summed E-state index contributed by atoms with van der Waals surface area (Å²) in [5, 5.41) is 1.77. The minimum atomic E-state index is -4.22. The Morgan fingerprint density at radius 1 is 0.867 bits per heavy atom. The van der Waals surface area contributed by atoms with Crippen molar-refractivity contribution in [3.8, 4) is 0 Å². The second-order valence-electron chi connectivity index (χ2n) is 3.06. The van der Waals surface area contributed by atoms with Crippen molar-refractivity contribution in [2.75, 3.05) is 0 Å². The van der Waals surface area contributed by atoms with E-state index < -0.39 is 5.51 Å². The topological polar surface area (TPSA) is 0 Å². The number of alkyl halides is 3. The molecule has 2 aromatic carbocycles. The molecule has 0 amide bonds. The second-order valence-corrected chi connectivity index (χ2v) is 4.20. The van der Waals surface area contributed by atoms with Gasteiger partial charge in [0.15, 0.2) is 0 Å². The molecule has 0 aliphatic rings. The third-order valence-corrected chi connectivity index (χ3v) is 2.68. The maximum Gasteiger partial charge on any atom is 0.446 e. The predicted octanol–water partition coefficient (Wildman–Crippen LogP) is 4.45. The highest BCUT2D eigenvalue weighted by Crippen LogP contribution is 2.37. The first-order chi connectivity index (χ1) is 7.04. The van der Waals surface area contributed by atoms with Crippen molar-refractivity contribution in [3.05, 3.63) is 42.5 Å². The van der Waals surface area contributed by atoms with Crippen molar-refractivity contribution in [2.45, 2.75) is 10.4 Å². The zero-order valence-corrected chi connectivity index (χ0v) is 8.40. The Bertz CT molecular complexity index is 476. The zero-order valence-electron chi connectivity index (χ0n) is 7.58. The van der Waals surface area contributed by atoms with Gasteiger partial charge in [-0.2, -0.15) is 13.2 Å². The first-order valence-electron chi connectivity index (χ1n) is 4.29. The Hall–Kier alpha value is -1.16. The summed E-state index contributed by atoms with van der Waals surface area (Å²) in [6.45, 7) is 0. The summed E-state index contributed by atoms with van der Waals surface area (Å²) >= 11 is -0.0844. The van der Waals surface area contributed by atoms with E-state index in [-0.39, 0.29) is 16.7 Å². The van der Waals surface area contributed by atoms with Gasteiger partial charge in [0.05, 0.1) is 0 Å². The summed E-state index contributed by atoms with van der Waals surface area (Å²) in [6, 6.07) is 12.1. The fourth-order valence-corrected chi connectivity index (χ4v) is 1.95. The van der Waals surface area contributed by atoms with Gasteiger partial charge in [0.25, 0.3) is 0 Å². The van der Waals surface area contributed by atoms with Crippen molar-refractivity contribution in [1.82, 2.24) is 0 Å². The SMILES string of the molecule is FC(F)([18F])Sc1ccc2ccccc2c1. The van der Waals surface area contributed by atoms with Crippen molar-refractivity contribution < 1.29 is 13.2 Å². The number of hydrogen-bond donors (Lipinski definition) is 0. The van der Waals surface area contributed by atoms with Crippen LogP contribution in [0.5, 0.6) is 0 Å².